The molecule has 4 heteroatoms. The fourth-order valence-electron chi connectivity index (χ4n) is 2.67. The summed E-state index contributed by atoms with van der Waals surface area (Å²) in [5.41, 5.74) is 5.13. The second kappa shape index (κ2) is 6.53. The van der Waals surface area contributed by atoms with E-state index in [1.54, 1.807) is 0 Å². The Bertz CT molecular complexity index is 283. The molecule has 1 fully saturated rings. The van der Waals surface area contributed by atoms with E-state index < -0.39 is 11.6 Å². The maximum atomic E-state index is 11.9. The normalized spacial score (nSPS) is 31.7. The van der Waals surface area contributed by atoms with Crippen LogP contribution in [-0.2, 0) is 4.79 Å². The lowest BCUT2D eigenvalue weighted by Gasteiger charge is -2.36. The molecule has 1 aliphatic carbocycles. The summed E-state index contributed by atoms with van der Waals surface area (Å²) in [6.07, 6.45) is 4.63. The van der Waals surface area contributed by atoms with Gasteiger partial charge in [-0.25, -0.2) is 0 Å². The molecule has 4 nitrogen and oxygen atoms in total. The van der Waals surface area contributed by atoms with Gasteiger partial charge in [-0.3, -0.25) is 4.79 Å². The van der Waals surface area contributed by atoms with Crippen LogP contribution in [0.1, 0.15) is 52.9 Å². The molecule has 0 heterocycles. The number of nitrogens with two attached hydrogens (primary N) is 1. The highest BCUT2D eigenvalue weighted by molar-refractivity contribution is 5.81. The number of rotatable bonds is 5. The van der Waals surface area contributed by atoms with Gasteiger partial charge in [-0.1, -0.05) is 40.0 Å². The van der Waals surface area contributed by atoms with Gasteiger partial charge in [-0.05, 0) is 24.7 Å². The minimum atomic E-state index is -0.734. The van der Waals surface area contributed by atoms with Crippen LogP contribution in [-0.4, -0.2) is 29.2 Å². The molecule has 0 saturated heterocycles. The predicted molar refractivity (Wildman–Crippen MR) is 73.0 cm³/mol. The third-order valence-electron chi connectivity index (χ3n) is 4.22. The second-order valence-electron chi connectivity index (χ2n) is 6.05. The van der Waals surface area contributed by atoms with E-state index in [1.807, 2.05) is 13.8 Å². The molecule has 106 valence electrons. The SMILES string of the molecule is CCC(C)C(N)C(=O)NCC1(O)CCCC(C)C1. The fraction of sp³-hybridized carbons (Fsp3) is 0.929. The van der Waals surface area contributed by atoms with Crippen molar-refractivity contribution in [3.8, 4) is 0 Å². The summed E-state index contributed by atoms with van der Waals surface area (Å²) in [5, 5.41) is 13.2. The highest BCUT2D eigenvalue weighted by Gasteiger charge is 2.33. The fourth-order valence-corrected chi connectivity index (χ4v) is 2.67. The molecule has 0 spiro atoms. The maximum absolute atomic E-state index is 11.9. The van der Waals surface area contributed by atoms with Crippen molar-refractivity contribution in [2.75, 3.05) is 6.54 Å². The monoisotopic (exact) mass is 256 g/mol. The molecule has 0 radical (unpaired) electrons. The summed E-state index contributed by atoms with van der Waals surface area (Å²) < 4.78 is 0. The Morgan fingerprint density at radius 2 is 2.28 bits per heavy atom. The van der Waals surface area contributed by atoms with Crippen LogP contribution in [0.2, 0.25) is 0 Å². The van der Waals surface area contributed by atoms with Crippen molar-refractivity contribution >= 4 is 5.91 Å². The molecule has 4 atom stereocenters. The van der Waals surface area contributed by atoms with Gasteiger partial charge in [0.2, 0.25) is 5.91 Å². The summed E-state index contributed by atoms with van der Waals surface area (Å²) in [5.74, 6) is 0.560. The number of hydrogen-bond acceptors (Lipinski definition) is 3. The first-order valence-corrected chi connectivity index (χ1v) is 7.13. The van der Waals surface area contributed by atoms with E-state index in [-0.39, 0.29) is 11.8 Å². The van der Waals surface area contributed by atoms with E-state index in [2.05, 4.69) is 12.2 Å². The Balaban J connectivity index is 2.42. The third-order valence-corrected chi connectivity index (χ3v) is 4.22. The first-order valence-electron chi connectivity index (χ1n) is 7.13. The highest BCUT2D eigenvalue weighted by atomic mass is 16.3. The molecule has 0 aliphatic heterocycles. The van der Waals surface area contributed by atoms with Gasteiger partial charge < -0.3 is 16.2 Å². The lowest BCUT2D eigenvalue weighted by molar-refractivity contribution is -0.125. The van der Waals surface area contributed by atoms with E-state index in [4.69, 9.17) is 5.73 Å². The average molecular weight is 256 g/mol. The molecular formula is C14H28N2O2. The van der Waals surface area contributed by atoms with E-state index in [9.17, 15) is 9.90 Å². The van der Waals surface area contributed by atoms with Crippen molar-refractivity contribution in [2.45, 2.75) is 64.5 Å². The van der Waals surface area contributed by atoms with Crippen molar-refractivity contribution in [3.05, 3.63) is 0 Å². The van der Waals surface area contributed by atoms with Crippen molar-refractivity contribution in [3.63, 3.8) is 0 Å². The Morgan fingerprint density at radius 1 is 1.61 bits per heavy atom. The molecule has 4 unspecified atom stereocenters. The number of carbonyl (C=O) groups is 1. The third kappa shape index (κ3) is 4.25. The molecule has 0 aromatic carbocycles. The molecular weight excluding hydrogens is 228 g/mol. The summed E-state index contributed by atoms with van der Waals surface area (Å²) in [4.78, 5) is 11.9. The van der Waals surface area contributed by atoms with Crippen molar-refractivity contribution in [1.29, 1.82) is 0 Å². The van der Waals surface area contributed by atoms with Crippen LogP contribution in [0.25, 0.3) is 0 Å². The zero-order valence-corrected chi connectivity index (χ0v) is 11.9. The van der Waals surface area contributed by atoms with E-state index in [1.165, 1.54) is 6.42 Å². The molecule has 1 amide bonds. The van der Waals surface area contributed by atoms with Gasteiger partial charge >= 0.3 is 0 Å². The lowest BCUT2D eigenvalue weighted by atomic mass is 9.79. The van der Waals surface area contributed by atoms with Crippen LogP contribution in [0, 0.1) is 11.8 Å². The van der Waals surface area contributed by atoms with Crippen LogP contribution in [0.3, 0.4) is 0 Å². The van der Waals surface area contributed by atoms with Gasteiger partial charge in [0, 0.05) is 6.54 Å². The highest BCUT2D eigenvalue weighted by Crippen LogP contribution is 2.31. The van der Waals surface area contributed by atoms with Gasteiger partial charge in [-0.15, -0.1) is 0 Å². The van der Waals surface area contributed by atoms with E-state index in [0.29, 0.717) is 12.5 Å². The van der Waals surface area contributed by atoms with Crippen LogP contribution >= 0.6 is 0 Å². The quantitative estimate of drug-likeness (QED) is 0.696. The molecule has 1 aliphatic rings. The smallest absolute Gasteiger partial charge is 0.237 e. The number of aliphatic hydroxyl groups is 1. The first-order chi connectivity index (χ1) is 8.38. The van der Waals surface area contributed by atoms with Gasteiger partial charge in [0.25, 0.3) is 0 Å². The van der Waals surface area contributed by atoms with Crippen LogP contribution in [0.4, 0.5) is 0 Å². The number of nitrogens with one attached hydrogen (secondary N) is 1. The summed E-state index contributed by atoms with van der Waals surface area (Å²) in [6.45, 7) is 6.48. The molecule has 1 saturated carbocycles. The standard InChI is InChI=1S/C14H28N2O2/c1-4-11(3)12(15)13(17)16-9-14(18)7-5-6-10(2)8-14/h10-12,18H,4-9,15H2,1-3H3,(H,16,17). The number of hydrogen-bond donors (Lipinski definition) is 3. The minimum absolute atomic E-state index is 0.143. The Kier molecular flexibility index (Phi) is 5.60. The maximum Gasteiger partial charge on any atom is 0.237 e. The Morgan fingerprint density at radius 3 is 2.83 bits per heavy atom. The number of amides is 1. The predicted octanol–water partition coefficient (Wildman–Crippen LogP) is 1.42. The van der Waals surface area contributed by atoms with Crippen LogP contribution < -0.4 is 11.1 Å². The van der Waals surface area contributed by atoms with E-state index in [0.717, 1.165) is 25.7 Å². The topological polar surface area (TPSA) is 75.4 Å². The van der Waals surface area contributed by atoms with Crippen molar-refractivity contribution < 1.29 is 9.90 Å². The van der Waals surface area contributed by atoms with Crippen LogP contribution in [0.15, 0.2) is 0 Å². The summed E-state index contributed by atoms with van der Waals surface area (Å²) in [6, 6.07) is -0.473. The van der Waals surface area contributed by atoms with Gasteiger partial charge in [0.15, 0.2) is 0 Å². The van der Waals surface area contributed by atoms with Crippen molar-refractivity contribution in [1.82, 2.24) is 5.32 Å². The molecule has 0 bridgehead atoms. The van der Waals surface area contributed by atoms with Gasteiger partial charge in [-0.2, -0.15) is 0 Å². The molecule has 4 N–H and O–H groups in total. The van der Waals surface area contributed by atoms with Crippen LogP contribution in [0.5, 0.6) is 0 Å². The Hall–Kier alpha value is -0.610. The van der Waals surface area contributed by atoms with Crippen molar-refractivity contribution in [2.24, 2.45) is 17.6 Å². The average Bonchev–Trinajstić information content (AvgIpc) is 2.34. The number of carbonyl (C=O) groups excluding carboxylic acids is 1. The molecule has 0 aromatic rings. The zero-order chi connectivity index (χ0) is 13.8. The van der Waals surface area contributed by atoms with Gasteiger partial charge in [0.1, 0.15) is 0 Å². The van der Waals surface area contributed by atoms with Gasteiger partial charge in [0.05, 0.1) is 11.6 Å². The molecule has 0 aromatic heterocycles. The molecule has 1 rings (SSSR count). The largest absolute Gasteiger partial charge is 0.388 e. The summed E-state index contributed by atoms with van der Waals surface area (Å²) >= 11 is 0. The second-order valence-corrected chi connectivity index (χ2v) is 6.05. The lowest BCUT2D eigenvalue weighted by Crippen LogP contribution is -2.51. The summed E-state index contributed by atoms with van der Waals surface area (Å²) in [7, 11) is 0. The zero-order valence-electron chi connectivity index (χ0n) is 11.9. The Labute approximate surface area is 110 Å². The molecule has 18 heavy (non-hydrogen) atoms. The van der Waals surface area contributed by atoms with E-state index >= 15 is 0 Å². The minimum Gasteiger partial charge on any atom is -0.388 e. The first kappa shape index (κ1) is 15.4.